The van der Waals surface area contributed by atoms with E-state index >= 15 is 0 Å². The van der Waals surface area contributed by atoms with E-state index in [1.54, 1.807) is 24.3 Å². The average molecular weight is 286 g/mol. The standard InChI is InChI=1S/C17H19FN2O/c1-12(14-6-8-16(18)9-7-14)20-17(21)15-4-2-13(3-5-15)10-11-19/h2-9,12H,10-11,19H2,1H3,(H,20,21). The maximum absolute atomic E-state index is 12.9. The molecule has 0 fully saturated rings. The molecule has 2 rings (SSSR count). The Bertz CT molecular complexity index is 593. The van der Waals surface area contributed by atoms with Crippen LogP contribution in [0.4, 0.5) is 4.39 Å². The van der Waals surface area contributed by atoms with Crippen molar-refractivity contribution in [3.8, 4) is 0 Å². The number of nitrogens with two attached hydrogens (primary N) is 1. The van der Waals surface area contributed by atoms with E-state index in [2.05, 4.69) is 5.32 Å². The Labute approximate surface area is 124 Å². The van der Waals surface area contributed by atoms with Gasteiger partial charge in [-0.1, -0.05) is 24.3 Å². The summed E-state index contributed by atoms with van der Waals surface area (Å²) in [5.74, 6) is -0.432. The molecule has 0 aromatic heterocycles. The first-order valence-corrected chi connectivity index (χ1v) is 6.95. The summed E-state index contributed by atoms with van der Waals surface area (Å²) >= 11 is 0. The molecule has 2 aromatic rings. The minimum Gasteiger partial charge on any atom is -0.346 e. The van der Waals surface area contributed by atoms with Gasteiger partial charge in [0, 0.05) is 5.56 Å². The van der Waals surface area contributed by atoms with Crippen molar-refractivity contribution in [1.82, 2.24) is 5.32 Å². The van der Waals surface area contributed by atoms with Crippen LogP contribution in [0.2, 0.25) is 0 Å². The van der Waals surface area contributed by atoms with Crippen LogP contribution in [-0.4, -0.2) is 12.5 Å². The first-order valence-electron chi connectivity index (χ1n) is 6.95. The highest BCUT2D eigenvalue weighted by atomic mass is 19.1. The molecule has 0 spiro atoms. The Kier molecular flexibility index (Phi) is 5.06. The van der Waals surface area contributed by atoms with Crippen LogP contribution >= 0.6 is 0 Å². The minimum absolute atomic E-state index is 0.147. The number of halogens is 1. The first kappa shape index (κ1) is 15.2. The van der Waals surface area contributed by atoms with E-state index in [-0.39, 0.29) is 17.8 Å². The molecule has 1 unspecified atom stereocenters. The highest BCUT2D eigenvalue weighted by Crippen LogP contribution is 2.14. The van der Waals surface area contributed by atoms with Gasteiger partial charge in [-0.15, -0.1) is 0 Å². The number of benzene rings is 2. The van der Waals surface area contributed by atoms with Crippen molar-refractivity contribution < 1.29 is 9.18 Å². The molecule has 4 heteroatoms. The molecule has 0 bridgehead atoms. The van der Waals surface area contributed by atoms with Gasteiger partial charge in [-0.3, -0.25) is 4.79 Å². The SMILES string of the molecule is CC(NC(=O)c1ccc(CCN)cc1)c1ccc(F)cc1. The summed E-state index contributed by atoms with van der Waals surface area (Å²) in [6.07, 6.45) is 0.799. The number of hydrogen-bond acceptors (Lipinski definition) is 2. The van der Waals surface area contributed by atoms with Crippen LogP contribution < -0.4 is 11.1 Å². The summed E-state index contributed by atoms with van der Waals surface area (Å²) in [5, 5.41) is 2.90. The molecule has 1 amide bonds. The predicted octanol–water partition coefficient (Wildman–Crippen LogP) is 2.82. The zero-order valence-electron chi connectivity index (χ0n) is 12.0. The third-order valence-corrected chi connectivity index (χ3v) is 3.37. The first-order chi connectivity index (χ1) is 10.1. The maximum atomic E-state index is 12.9. The number of carbonyl (C=O) groups is 1. The zero-order valence-corrected chi connectivity index (χ0v) is 12.0. The summed E-state index contributed by atoms with van der Waals surface area (Å²) in [4.78, 5) is 12.2. The van der Waals surface area contributed by atoms with Crippen LogP contribution in [-0.2, 0) is 6.42 Å². The third kappa shape index (κ3) is 4.13. The van der Waals surface area contributed by atoms with Crippen LogP contribution in [0.5, 0.6) is 0 Å². The zero-order chi connectivity index (χ0) is 15.2. The number of rotatable bonds is 5. The fourth-order valence-corrected chi connectivity index (χ4v) is 2.10. The Morgan fingerprint density at radius 2 is 1.76 bits per heavy atom. The van der Waals surface area contributed by atoms with E-state index in [1.807, 2.05) is 19.1 Å². The topological polar surface area (TPSA) is 55.1 Å². The van der Waals surface area contributed by atoms with Crippen LogP contribution in [0.25, 0.3) is 0 Å². The van der Waals surface area contributed by atoms with E-state index in [1.165, 1.54) is 12.1 Å². The number of amides is 1. The smallest absolute Gasteiger partial charge is 0.251 e. The van der Waals surface area contributed by atoms with Gasteiger partial charge in [0.1, 0.15) is 5.82 Å². The Morgan fingerprint density at radius 1 is 1.14 bits per heavy atom. The van der Waals surface area contributed by atoms with Gasteiger partial charge in [0.15, 0.2) is 0 Å². The normalized spacial score (nSPS) is 12.0. The molecule has 0 aliphatic carbocycles. The lowest BCUT2D eigenvalue weighted by Gasteiger charge is -2.14. The quantitative estimate of drug-likeness (QED) is 0.888. The molecule has 0 aliphatic heterocycles. The molecule has 0 saturated heterocycles. The second-order valence-corrected chi connectivity index (χ2v) is 4.98. The molecule has 110 valence electrons. The number of hydrogen-bond donors (Lipinski definition) is 2. The summed E-state index contributed by atoms with van der Waals surface area (Å²) in [6.45, 7) is 2.46. The van der Waals surface area contributed by atoms with Crippen molar-refractivity contribution in [1.29, 1.82) is 0 Å². The predicted molar refractivity (Wildman–Crippen MR) is 81.5 cm³/mol. The number of carbonyl (C=O) groups excluding carboxylic acids is 1. The molecule has 0 heterocycles. The van der Waals surface area contributed by atoms with E-state index in [9.17, 15) is 9.18 Å². The van der Waals surface area contributed by atoms with E-state index in [0.29, 0.717) is 12.1 Å². The second-order valence-electron chi connectivity index (χ2n) is 4.98. The fraction of sp³-hybridized carbons (Fsp3) is 0.235. The summed E-state index contributed by atoms with van der Waals surface area (Å²) in [5.41, 5.74) is 8.07. The third-order valence-electron chi connectivity index (χ3n) is 3.37. The van der Waals surface area contributed by atoms with E-state index in [0.717, 1.165) is 17.5 Å². The lowest BCUT2D eigenvalue weighted by molar-refractivity contribution is 0.0940. The molecule has 0 saturated carbocycles. The van der Waals surface area contributed by atoms with E-state index in [4.69, 9.17) is 5.73 Å². The fourth-order valence-electron chi connectivity index (χ4n) is 2.10. The van der Waals surface area contributed by atoms with Crippen LogP contribution in [0.15, 0.2) is 48.5 Å². The highest BCUT2D eigenvalue weighted by molar-refractivity contribution is 5.94. The highest BCUT2D eigenvalue weighted by Gasteiger charge is 2.11. The van der Waals surface area contributed by atoms with Gasteiger partial charge in [-0.25, -0.2) is 4.39 Å². The molecule has 3 nitrogen and oxygen atoms in total. The summed E-state index contributed by atoms with van der Waals surface area (Å²) in [7, 11) is 0. The Hall–Kier alpha value is -2.20. The Balaban J connectivity index is 2.01. The van der Waals surface area contributed by atoms with E-state index < -0.39 is 0 Å². The van der Waals surface area contributed by atoms with Crippen LogP contribution in [0.1, 0.15) is 34.5 Å². The largest absolute Gasteiger partial charge is 0.346 e. The maximum Gasteiger partial charge on any atom is 0.251 e. The molecule has 0 radical (unpaired) electrons. The van der Waals surface area contributed by atoms with Crippen molar-refractivity contribution in [2.24, 2.45) is 5.73 Å². The summed E-state index contributed by atoms with van der Waals surface area (Å²) < 4.78 is 12.9. The van der Waals surface area contributed by atoms with Gasteiger partial charge in [-0.05, 0) is 55.3 Å². The van der Waals surface area contributed by atoms with Gasteiger partial charge in [0.2, 0.25) is 0 Å². The van der Waals surface area contributed by atoms with Gasteiger partial charge in [0.25, 0.3) is 5.91 Å². The van der Waals surface area contributed by atoms with Crippen molar-refractivity contribution in [3.05, 3.63) is 71.0 Å². The molecule has 1 atom stereocenters. The number of nitrogens with one attached hydrogen (secondary N) is 1. The lowest BCUT2D eigenvalue weighted by atomic mass is 10.1. The van der Waals surface area contributed by atoms with Gasteiger partial charge in [0.05, 0.1) is 6.04 Å². The Morgan fingerprint density at radius 3 is 2.33 bits per heavy atom. The summed E-state index contributed by atoms with van der Waals surface area (Å²) in [6, 6.07) is 13.3. The lowest BCUT2D eigenvalue weighted by Crippen LogP contribution is -2.26. The molecular formula is C17H19FN2O. The van der Waals surface area contributed by atoms with Gasteiger partial charge in [-0.2, -0.15) is 0 Å². The van der Waals surface area contributed by atoms with Crippen molar-refractivity contribution >= 4 is 5.91 Å². The van der Waals surface area contributed by atoms with Crippen molar-refractivity contribution in [2.75, 3.05) is 6.54 Å². The van der Waals surface area contributed by atoms with Crippen LogP contribution in [0, 0.1) is 5.82 Å². The van der Waals surface area contributed by atoms with Crippen molar-refractivity contribution in [2.45, 2.75) is 19.4 Å². The molecule has 21 heavy (non-hydrogen) atoms. The molecule has 0 aliphatic rings. The molecular weight excluding hydrogens is 267 g/mol. The van der Waals surface area contributed by atoms with Gasteiger partial charge >= 0.3 is 0 Å². The minimum atomic E-state index is -0.284. The average Bonchev–Trinajstić information content (AvgIpc) is 2.49. The monoisotopic (exact) mass is 286 g/mol. The second kappa shape index (κ2) is 6.99. The van der Waals surface area contributed by atoms with Crippen molar-refractivity contribution in [3.63, 3.8) is 0 Å². The van der Waals surface area contributed by atoms with Crippen LogP contribution in [0.3, 0.4) is 0 Å². The molecule has 2 aromatic carbocycles. The molecule has 3 N–H and O–H groups in total. The van der Waals surface area contributed by atoms with Gasteiger partial charge < -0.3 is 11.1 Å².